The Morgan fingerprint density at radius 3 is 2.65 bits per heavy atom. The maximum Gasteiger partial charge on any atom is 0.361 e. The van der Waals surface area contributed by atoms with E-state index in [4.69, 9.17) is 4.42 Å². The zero-order valence-electron chi connectivity index (χ0n) is 12.4. The van der Waals surface area contributed by atoms with Crippen molar-refractivity contribution in [3.8, 4) is 11.5 Å². The molecule has 0 bridgehead atoms. The van der Waals surface area contributed by atoms with Crippen molar-refractivity contribution >= 4 is 34.1 Å². The zero-order valence-corrected chi connectivity index (χ0v) is 13.2. The molecule has 0 saturated heterocycles. The number of aryl methyl sites for hydroxylation is 2. The molecule has 1 aliphatic rings. The molecule has 0 unspecified atom stereocenters. The van der Waals surface area contributed by atoms with Gasteiger partial charge in [-0.15, -0.1) is 0 Å². The van der Waals surface area contributed by atoms with Gasteiger partial charge in [-0.2, -0.15) is 0 Å². The molecule has 0 aliphatic carbocycles. The molecule has 0 spiro atoms. The highest BCUT2D eigenvalue weighted by atomic mass is 32.2. The molecule has 4 rings (SSSR count). The van der Waals surface area contributed by atoms with Crippen LogP contribution in [0.25, 0.3) is 11.0 Å². The van der Waals surface area contributed by atoms with Crippen LogP contribution in [0.5, 0.6) is 11.5 Å². The molecule has 6 heteroatoms. The van der Waals surface area contributed by atoms with E-state index in [0.717, 1.165) is 26.3 Å². The minimum Gasteiger partial charge on any atom is -0.508 e. The Morgan fingerprint density at radius 1 is 1.09 bits per heavy atom. The number of phenolic OH excluding ortho intramolecular Hbond substituents is 2. The average Bonchev–Trinajstić information content (AvgIpc) is 2.44. The number of hydrogen-bond acceptors (Lipinski definition) is 6. The van der Waals surface area contributed by atoms with Crippen LogP contribution in [0.3, 0.4) is 0 Å². The van der Waals surface area contributed by atoms with Crippen LogP contribution in [0.2, 0.25) is 0 Å². The fraction of sp³-hybridized carbons (Fsp3) is 0.118. The maximum atomic E-state index is 12.3. The Labute approximate surface area is 135 Å². The summed E-state index contributed by atoms with van der Waals surface area (Å²) >= 11 is 1.41. The average molecular weight is 327 g/mol. The van der Waals surface area contributed by atoms with Crippen molar-refractivity contribution in [2.24, 2.45) is 0 Å². The number of rotatable bonds is 0. The Bertz CT molecular complexity index is 1040. The number of phenols is 2. The molecule has 3 aromatic rings. The van der Waals surface area contributed by atoms with Crippen molar-refractivity contribution in [3.05, 3.63) is 45.8 Å². The highest BCUT2D eigenvalue weighted by Crippen LogP contribution is 2.50. The number of anilines is 2. The third-order valence-electron chi connectivity index (χ3n) is 3.83. The van der Waals surface area contributed by atoms with E-state index in [1.54, 1.807) is 12.1 Å². The minimum absolute atomic E-state index is 0.0563. The van der Waals surface area contributed by atoms with Crippen molar-refractivity contribution in [3.63, 3.8) is 0 Å². The highest BCUT2D eigenvalue weighted by molar-refractivity contribution is 8.00. The lowest BCUT2D eigenvalue weighted by Gasteiger charge is -2.22. The van der Waals surface area contributed by atoms with Crippen LogP contribution in [0.1, 0.15) is 11.1 Å². The van der Waals surface area contributed by atoms with Gasteiger partial charge in [0.15, 0.2) is 0 Å². The summed E-state index contributed by atoms with van der Waals surface area (Å²) in [6.45, 7) is 3.75. The summed E-state index contributed by atoms with van der Waals surface area (Å²) in [5, 5.41) is 23.6. The summed E-state index contributed by atoms with van der Waals surface area (Å²) in [6.07, 6.45) is 0. The number of fused-ring (bicyclic) bond motifs is 4. The van der Waals surface area contributed by atoms with E-state index < -0.39 is 5.63 Å². The van der Waals surface area contributed by atoms with Crippen LogP contribution in [0, 0.1) is 13.8 Å². The van der Waals surface area contributed by atoms with Crippen LogP contribution in [-0.4, -0.2) is 10.2 Å². The van der Waals surface area contributed by atoms with Crippen LogP contribution in [0.4, 0.5) is 11.4 Å². The van der Waals surface area contributed by atoms with Crippen LogP contribution < -0.4 is 10.9 Å². The molecule has 0 atom stereocenters. The van der Waals surface area contributed by atoms with Gasteiger partial charge >= 0.3 is 5.63 Å². The van der Waals surface area contributed by atoms with Gasteiger partial charge in [-0.05, 0) is 43.2 Å². The fourth-order valence-corrected chi connectivity index (χ4v) is 4.18. The van der Waals surface area contributed by atoms with Crippen molar-refractivity contribution in [2.45, 2.75) is 23.6 Å². The quantitative estimate of drug-likeness (QED) is 0.334. The third-order valence-corrected chi connectivity index (χ3v) is 4.99. The second-order valence-electron chi connectivity index (χ2n) is 5.61. The van der Waals surface area contributed by atoms with Gasteiger partial charge in [0.25, 0.3) is 0 Å². The first-order chi connectivity index (χ1) is 10.9. The summed E-state index contributed by atoms with van der Waals surface area (Å²) in [7, 11) is 0. The second-order valence-corrected chi connectivity index (χ2v) is 6.67. The van der Waals surface area contributed by atoms with Gasteiger partial charge in [-0.1, -0.05) is 11.8 Å². The van der Waals surface area contributed by atoms with Gasteiger partial charge in [0.2, 0.25) is 0 Å². The molecule has 1 aliphatic heterocycles. The van der Waals surface area contributed by atoms with Gasteiger partial charge in [0.1, 0.15) is 22.8 Å². The lowest BCUT2D eigenvalue weighted by atomic mass is 10.1. The van der Waals surface area contributed by atoms with Crippen molar-refractivity contribution < 1.29 is 14.6 Å². The molecule has 0 saturated carbocycles. The van der Waals surface area contributed by atoms with E-state index in [9.17, 15) is 15.0 Å². The first-order valence-corrected chi connectivity index (χ1v) is 7.84. The summed E-state index contributed by atoms with van der Waals surface area (Å²) in [6, 6.07) is 6.66. The van der Waals surface area contributed by atoms with Gasteiger partial charge in [0.05, 0.1) is 10.6 Å². The molecular weight excluding hydrogens is 314 g/mol. The van der Waals surface area contributed by atoms with Gasteiger partial charge in [-0.25, -0.2) is 4.79 Å². The largest absolute Gasteiger partial charge is 0.508 e. The first kappa shape index (κ1) is 14.0. The van der Waals surface area contributed by atoms with Crippen molar-refractivity contribution in [1.82, 2.24) is 0 Å². The summed E-state index contributed by atoms with van der Waals surface area (Å²) in [5.41, 5.74) is 2.38. The molecule has 2 heterocycles. The normalized spacial score (nSPS) is 12.6. The van der Waals surface area contributed by atoms with Crippen LogP contribution in [0.15, 0.2) is 43.3 Å². The molecule has 0 radical (unpaired) electrons. The highest BCUT2D eigenvalue weighted by Gasteiger charge is 2.25. The lowest BCUT2D eigenvalue weighted by Crippen LogP contribution is -2.12. The third kappa shape index (κ3) is 2.06. The van der Waals surface area contributed by atoms with Gasteiger partial charge in [-0.3, -0.25) is 0 Å². The molecule has 1 aromatic heterocycles. The predicted molar refractivity (Wildman–Crippen MR) is 89.1 cm³/mol. The molecule has 3 N–H and O–H groups in total. The number of nitrogens with one attached hydrogen (secondary N) is 1. The Morgan fingerprint density at radius 2 is 1.87 bits per heavy atom. The zero-order chi connectivity index (χ0) is 16.3. The van der Waals surface area contributed by atoms with E-state index in [2.05, 4.69) is 5.32 Å². The molecule has 116 valence electrons. The van der Waals surface area contributed by atoms with Gasteiger partial charge < -0.3 is 19.9 Å². The minimum atomic E-state index is -0.532. The van der Waals surface area contributed by atoms with Crippen molar-refractivity contribution in [1.29, 1.82) is 0 Å². The number of benzene rings is 2. The van der Waals surface area contributed by atoms with E-state index >= 15 is 0 Å². The lowest BCUT2D eigenvalue weighted by molar-refractivity contribution is 0.472. The standard InChI is InChI=1S/C17H13NO4S/c1-7-3-10(20)14-12(4-7)23-16-13-8(2)5-9(19)6-11(13)22-17(21)15(16)18-14/h3-6,18-20H,1-2H3. The van der Waals surface area contributed by atoms with E-state index in [0.29, 0.717) is 17.0 Å². The SMILES string of the molecule is Cc1cc(O)c2c(c1)Sc1c(c(=O)oc3cc(O)cc(C)c13)N2. The monoisotopic (exact) mass is 327 g/mol. The second kappa shape index (κ2) is 4.70. The summed E-state index contributed by atoms with van der Waals surface area (Å²) < 4.78 is 5.33. The maximum absolute atomic E-state index is 12.3. The van der Waals surface area contributed by atoms with Crippen molar-refractivity contribution in [2.75, 3.05) is 5.32 Å². The number of hydrogen-bond donors (Lipinski definition) is 3. The molecule has 5 nitrogen and oxygen atoms in total. The molecule has 2 aromatic carbocycles. The first-order valence-electron chi connectivity index (χ1n) is 7.03. The number of aromatic hydroxyl groups is 2. The molecule has 0 fully saturated rings. The van der Waals surface area contributed by atoms with Crippen LogP contribution >= 0.6 is 11.8 Å². The summed E-state index contributed by atoms with van der Waals surface area (Å²) in [5.74, 6) is 0.154. The Hall–Kier alpha value is -2.60. The Balaban J connectivity index is 2.06. The topological polar surface area (TPSA) is 82.7 Å². The molecular formula is C17H13NO4S. The fourth-order valence-electron chi connectivity index (χ4n) is 2.86. The molecule has 23 heavy (non-hydrogen) atoms. The van der Waals surface area contributed by atoms with Gasteiger partial charge in [0, 0.05) is 16.3 Å². The van der Waals surface area contributed by atoms with E-state index in [1.807, 2.05) is 19.9 Å². The smallest absolute Gasteiger partial charge is 0.361 e. The summed E-state index contributed by atoms with van der Waals surface area (Å²) in [4.78, 5) is 13.9. The Kier molecular flexibility index (Phi) is 2.86. The van der Waals surface area contributed by atoms with E-state index in [1.165, 1.54) is 17.8 Å². The van der Waals surface area contributed by atoms with Crippen LogP contribution in [-0.2, 0) is 0 Å². The van der Waals surface area contributed by atoms with E-state index in [-0.39, 0.29) is 11.5 Å². The predicted octanol–water partition coefficient (Wildman–Crippen LogP) is 4.03. The molecule has 0 amide bonds.